The quantitative estimate of drug-likeness (QED) is 0.0947. The molecule has 0 saturated carbocycles. The number of carbonyl (C=O) groups is 1. The molecule has 0 fully saturated rings. The van der Waals surface area contributed by atoms with Crippen molar-refractivity contribution in [2.75, 3.05) is 17.2 Å². The summed E-state index contributed by atoms with van der Waals surface area (Å²) >= 11 is 0. The third-order valence-corrected chi connectivity index (χ3v) is 6.72. The van der Waals surface area contributed by atoms with Crippen LogP contribution in [-0.4, -0.2) is 52.1 Å². The molecule has 1 amide bonds. The minimum absolute atomic E-state index is 0.186. The van der Waals surface area contributed by atoms with Crippen molar-refractivity contribution in [3.8, 4) is 5.69 Å². The predicted molar refractivity (Wildman–Crippen MR) is 157 cm³/mol. The van der Waals surface area contributed by atoms with Crippen LogP contribution >= 0.6 is 0 Å². The second kappa shape index (κ2) is 11.8. The number of imidazole rings is 1. The number of aryl methyl sites for hydroxylation is 1. The molecule has 0 aliphatic rings. The molecule has 2 aromatic carbocycles. The molecule has 0 unspecified atom stereocenters. The molecule has 5 N–H and O–H groups in total. The van der Waals surface area contributed by atoms with Gasteiger partial charge in [0.05, 0.1) is 40.7 Å². The highest BCUT2D eigenvalue weighted by molar-refractivity contribution is 5.93. The molecule has 0 aliphatic carbocycles. The van der Waals surface area contributed by atoms with E-state index in [0.717, 1.165) is 5.69 Å². The number of para-hydroxylation sites is 1. The molecule has 0 radical (unpaired) electrons. The number of carbonyl (C=O) groups excluding carboxylic acids is 1. The van der Waals surface area contributed by atoms with Crippen molar-refractivity contribution in [1.82, 2.24) is 40.0 Å². The van der Waals surface area contributed by atoms with Crippen molar-refractivity contribution in [3.05, 3.63) is 107 Å². The van der Waals surface area contributed by atoms with Crippen LogP contribution in [0, 0.1) is 0 Å². The van der Waals surface area contributed by atoms with Gasteiger partial charge in [-0.3, -0.25) is 24.3 Å². The summed E-state index contributed by atoms with van der Waals surface area (Å²) in [5.74, 6) is 0.647. The Kier molecular flexibility index (Phi) is 7.46. The maximum Gasteiger partial charge on any atom is 0.276 e. The molecular weight excluding hydrogens is 536 g/mol. The van der Waals surface area contributed by atoms with Crippen LogP contribution in [0.4, 0.5) is 11.5 Å². The molecule has 0 saturated heterocycles. The largest absolute Gasteiger partial charge is 0.379 e. The fourth-order valence-corrected chi connectivity index (χ4v) is 4.70. The first-order chi connectivity index (χ1) is 20.6. The zero-order valence-electron chi connectivity index (χ0n) is 22.3. The van der Waals surface area contributed by atoms with E-state index in [1.54, 1.807) is 28.5 Å². The Hall–Kier alpha value is -5.69. The van der Waals surface area contributed by atoms with E-state index in [9.17, 15) is 9.59 Å². The predicted octanol–water partition coefficient (Wildman–Crippen LogP) is 3.22. The van der Waals surface area contributed by atoms with Crippen LogP contribution in [0.5, 0.6) is 0 Å². The third kappa shape index (κ3) is 5.36. The number of hydroxylamine groups is 1. The molecule has 4 heterocycles. The van der Waals surface area contributed by atoms with Crippen molar-refractivity contribution < 1.29 is 10.0 Å². The number of benzene rings is 2. The average Bonchev–Trinajstić information content (AvgIpc) is 3.52. The molecule has 0 spiro atoms. The molecular formula is C29H26N10O3. The Morgan fingerprint density at radius 2 is 1.83 bits per heavy atom. The lowest BCUT2D eigenvalue weighted by Gasteiger charge is -2.16. The average molecular weight is 563 g/mol. The summed E-state index contributed by atoms with van der Waals surface area (Å²) in [6.45, 7) is 0.902. The number of rotatable bonds is 10. The van der Waals surface area contributed by atoms with Gasteiger partial charge >= 0.3 is 0 Å². The van der Waals surface area contributed by atoms with Gasteiger partial charge in [0.1, 0.15) is 17.7 Å². The van der Waals surface area contributed by atoms with E-state index < -0.39 is 5.91 Å². The number of hydrogen-bond donors (Lipinski definition) is 5. The first-order valence-corrected chi connectivity index (χ1v) is 13.2. The maximum atomic E-state index is 14.1. The van der Waals surface area contributed by atoms with Crippen LogP contribution in [0.2, 0.25) is 0 Å². The molecule has 210 valence electrons. The summed E-state index contributed by atoms with van der Waals surface area (Å²) in [6, 6.07) is 18.2. The van der Waals surface area contributed by atoms with Gasteiger partial charge in [0.15, 0.2) is 11.5 Å². The number of H-pyrrole nitrogens is 1. The molecule has 6 aromatic rings. The number of amides is 1. The number of aromatic nitrogens is 7. The standard InChI is InChI=1S/C29H26N10O3/c40-28(38-42)18-11-12-19(31-14-18)15-32-21-8-4-9-22-24(21)29(41)39(20-6-2-1-3-7-20)23(37-22)10-5-13-30-26-25-27(34-16-33-25)36-17-35-26/h1-4,6-9,11-12,14,16-17,32,42H,5,10,13,15H2,(H,38,40)(H2,30,33,34,35,36). The summed E-state index contributed by atoms with van der Waals surface area (Å²) in [5, 5.41) is 15.9. The summed E-state index contributed by atoms with van der Waals surface area (Å²) in [6.07, 6.45) is 5.66. The van der Waals surface area contributed by atoms with Crippen LogP contribution < -0.4 is 21.7 Å². The Balaban J connectivity index is 1.27. The summed E-state index contributed by atoms with van der Waals surface area (Å²) < 4.78 is 1.66. The zero-order chi connectivity index (χ0) is 28.9. The SMILES string of the molecule is O=C(NO)c1ccc(CNc2cccc3nc(CCCNc4ncnc5[nH]cnc45)n(-c4ccccc4)c(=O)c23)nc1. The minimum Gasteiger partial charge on any atom is -0.379 e. The zero-order valence-corrected chi connectivity index (χ0v) is 22.3. The Bertz CT molecular complexity index is 1920. The van der Waals surface area contributed by atoms with Gasteiger partial charge in [-0.15, -0.1) is 0 Å². The van der Waals surface area contributed by atoms with E-state index >= 15 is 0 Å². The summed E-state index contributed by atoms with van der Waals surface area (Å²) in [4.78, 5) is 50.5. The monoisotopic (exact) mass is 562 g/mol. The van der Waals surface area contributed by atoms with Gasteiger partial charge < -0.3 is 15.6 Å². The molecule has 42 heavy (non-hydrogen) atoms. The highest BCUT2D eigenvalue weighted by Crippen LogP contribution is 2.22. The molecule has 0 aliphatic heterocycles. The second-order valence-electron chi connectivity index (χ2n) is 9.39. The van der Waals surface area contributed by atoms with E-state index in [4.69, 9.17) is 10.2 Å². The van der Waals surface area contributed by atoms with Gasteiger partial charge in [0.25, 0.3) is 11.5 Å². The van der Waals surface area contributed by atoms with Gasteiger partial charge in [-0.1, -0.05) is 24.3 Å². The van der Waals surface area contributed by atoms with E-state index in [-0.39, 0.29) is 11.1 Å². The topological polar surface area (TPSA) is 176 Å². The first-order valence-electron chi connectivity index (χ1n) is 13.2. The first kappa shape index (κ1) is 26.5. The van der Waals surface area contributed by atoms with Gasteiger partial charge in [0.2, 0.25) is 0 Å². The fraction of sp³-hybridized carbons (Fsp3) is 0.138. The van der Waals surface area contributed by atoms with E-state index in [0.29, 0.717) is 71.0 Å². The maximum absolute atomic E-state index is 14.1. The number of hydrogen-bond acceptors (Lipinski definition) is 10. The van der Waals surface area contributed by atoms with E-state index in [1.165, 1.54) is 12.5 Å². The van der Waals surface area contributed by atoms with E-state index in [2.05, 4.69) is 35.6 Å². The molecule has 13 heteroatoms. The van der Waals surface area contributed by atoms with Crippen molar-refractivity contribution in [3.63, 3.8) is 0 Å². The van der Waals surface area contributed by atoms with Crippen LogP contribution in [0.3, 0.4) is 0 Å². The Morgan fingerprint density at radius 1 is 0.952 bits per heavy atom. The molecule has 0 atom stereocenters. The van der Waals surface area contributed by atoms with Crippen LogP contribution in [-0.2, 0) is 13.0 Å². The fourth-order valence-electron chi connectivity index (χ4n) is 4.70. The number of anilines is 2. The number of pyridine rings is 1. The Labute approximate surface area is 238 Å². The number of nitrogens with one attached hydrogen (secondary N) is 4. The van der Waals surface area contributed by atoms with Gasteiger partial charge in [0, 0.05) is 24.8 Å². The highest BCUT2D eigenvalue weighted by atomic mass is 16.5. The normalized spacial score (nSPS) is 11.1. The molecule has 4 aromatic heterocycles. The third-order valence-electron chi connectivity index (χ3n) is 6.72. The van der Waals surface area contributed by atoms with E-state index in [1.807, 2.05) is 48.5 Å². The second-order valence-corrected chi connectivity index (χ2v) is 9.39. The van der Waals surface area contributed by atoms with Gasteiger partial charge in [-0.2, -0.15) is 0 Å². The lowest BCUT2D eigenvalue weighted by Crippen LogP contribution is -2.25. The Morgan fingerprint density at radius 3 is 2.64 bits per heavy atom. The molecule has 13 nitrogen and oxygen atoms in total. The van der Waals surface area contributed by atoms with Crippen molar-refractivity contribution in [2.45, 2.75) is 19.4 Å². The number of aromatic amines is 1. The summed E-state index contributed by atoms with van der Waals surface area (Å²) in [5.41, 5.74) is 5.54. The van der Waals surface area contributed by atoms with Crippen LogP contribution in [0.15, 0.2) is 84.3 Å². The van der Waals surface area contributed by atoms with Crippen molar-refractivity contribution in [2.24, 2.45) is 0 Å². The van der Waals surface area contributed by atoms with Gasteiger partial charge in [-0.25, -0.2) is 25.4 Å². The highest BCUT2D eigenvalue weighted by Gasteiger charge is 2.16. The summed E-state index contributed by atoms with van der Waals surface area (Å²) in [7, 11) is 0. The van der Waals surface area contributed by atoms with Crippen molar-refractivity contribution >= 4 is 39.5 Å². The molecule has 0 bridgehead atoms. The molecule has 6 rings (SSSR count). The smallest absolute Gasteiger partial charge is 0.276 e. The van der Waals surface area contributed by atoms with Crippen LogP contribution in [0.1, 0.15) is 28.3 Å². The van der Waals surface area contributed by atoms with Crippen LogP contribution in [0.25, 0.3) is 27.8 Å². The lowest BCUT2D eigenvalue weighted by atomic mass is 10.1. The minimum atomic E-state index is -0.640. The lowest BCUT2D eigenvalue weighted by molar-refractivity contribution is 0.0706. The van der Waals surface area contributed by atoms with Crippen molar-refractivity contribution in [1.29, 1.82) is 0 Å². The van der Waals surface area contributed by atoms with Gasteiger partial charge in [-0.05, 0) is 42.8 Å². The number of fused-ring (bicyclic) bond motifs is 2. The number of nitrogens with zero attached hydrogens (tertiary/aromatic N) is 6.